The number of amides is 1. The maximum Gasteiger partial charge on any atom is 0.262 e. The van der Waals surface area contributed by atoms with Crippen molar-refractivity contribution in [1.29, 1.82) is 0 Å². The first-order valence-corrected chi connectivity index (χ1v) is 7.73. The Bertz CT molecular complexity index is 300. The normalized spacial score (nSPS) is 29.9. The maximum absolute atomic E-state index is 11.8. The zero-order valence-electron chi connectivity index (χ0n) is 11.5. The molecule has 2 N–H and O–H groups in total. The van der Waals surface area contributed by atoms with Crippen LogP contribution in [0.4, 0.5) is 0 Å². The Labute approximate surface area is 129 Å². The van der Waals surface area contributed by atoms with Crippen LogP contribution in [0, 0.1) is 0 Å². The van der Waals surface area contributed by atoms with Crippen LogP contribution in [0.3, 0.4) is 0 Å². The molecule has 0 radical (unpaired) electrons. The molecule has 19 heavy (non-hydrogen) atoms. The third kappa shape index (κ3) is 5.64. The summed E-state index contributed by atoms with van der Waals surface area (Å²) < 4.78 is 4.14. The average Bonchev–Trinajstić information content (AvgIpc) is 2.23. The van der Waals surface area contributed by atoms with Gasteiger partial charge in [0.2, 0.25) is 12.1 Å². The topological polar surface area (TPSA) is 42.8 Å². The molecule has 0 saturated carbocycles. The first kappa shape index (κ1) is 17.3. The maximum atomic E-state index is 11.8. The molecule has 1 saturated heterocycles. The van der Waals surface area contributed by atoms with Crippen molar-refractivity contribution in [3.05, 3.63) is 0 Å². The first-order chi connectivity index (χ1) is 8.74. The zero-order chi connectivity index (χ0) is 14.6. The van der Waals surface area contributed by atoms with Crippen molar-refractivity contribution in [3.63, 3.8) is 0 Å². The highest BCUT2D eigenvalue weighted by atomic mass is 35.6. The number of morpholine rings is 1. The fraction of sp³-hybridized carbons (Fsp3) is 0.917. The highest BCUT2D eigenvalue weighted by Crippen LogP contribution is 2.28. The molecule has 0 spiro atoms. The van der Waals surface area contributed by atoms with Crippen molar-refractivity contribution in [3.8, 4) is 0 Å². The van der Waals surface area contributed by atoms with Gasteiger partial charge in [-0.05, 0) is 20.3 Å². The lowest BCUT2D eigenvalue weighted by Crippen LogP contribution is -3.22. The molecule has 112 valence electrons. The van der Waals surface area contributed by atoms with E-state index in [2.05, 4.69) is 5.32 Å². The predicted molar refractivity (Wildman–Crippen MR) is 77.8 cm³/mol. The van der Waals surface area contributed by atoms with Gasteiger partial charge in [-0.2, -0.15) is 0 Å². The second-order valence-electron chi connectivity index (χ2n) is 5.12. The molecule has 4 nitrogen and oxygen atoms in total. The smallest absolute Gasteiger partial charge is 0.262 e. The minimum absolute atomic E-state index is 0.0803. The number of nitrogens with one attached hydrogen (secondary N) is 2. The molecule has 0 bridgehead atoms. The molecule has 1 heterocycles. The molecular formula is C12H22Cl3N2O2+. The fourth-order valence-corrected chi connectivity index (χ4v) is 3.05. The highest BCUT2D eigenvalue weighted by molar-refractivity contribution is 6.68. The highest BCUT2D eigenvalue weighted by Gasteiger charge is 2.44. The number of ether oxygens (including phenoxy) is 1. The average molecular weight is 333 g/mol. The van der Waals surface area contributed by atoms with Crippen molar-refractivity contribution < 1.29 is 14.4 Å². The summed E-state index contributed by atoms with van der Waals surface area (Å²) in [7, 11) is 0. The molecule has 3 atom stereocenters. The van der Waals surface area contributed by atoms with E-state index < -0.39 is 9.96 Å². The molecule has 0 unspecified atom stereocenters. The van der Waals surface area contributed by atoms with Gasteiger partial charge in [-0.1, -0.05) is 41.7 Å². The molecule has 1 amide bonds. The minimum Gasteiger partial charge on any atom is -0.364 e. The van der Waals surface area contributed by atoms with E-state index in [9.17, 15) is 4.79 Å². The summed E-state index contributed by atoms with van der Waals surface area (Å²) in [6.45, 7) is 7.32. The third-order valence-electron chi connectivity index (χ3n) is 3.08. The Morgan fingerprint density at radius 1 is 1.37 bits per heavy atom. The lowest BCUT2D eigenvalue weighted by atomic mass is 10.2. The van der Waals surface area contributed by atoms with Gasteiger partial charge in [0, 0.05) is 6.42 Å². The third-order valence-corrected chi connectivity index (χ3v) is 3.74. The van der Waals surface area contributed by atoms with E-state index in [1.165, 1.54) is 0 Å². The number of hydrogen-bond donors (Lipinski definition) is 2. The Balaban J connectivity index is 2.76. The van der Waals surface area contributed by atoms with E-state index in [-0.39, 0.29) is 18.1 Å². The fourth-order valence-electron chi connectivity index (χ4n) is 2.43. The van der Waals surface area contributed by atoms with Crippen LogP contribution in [0.25, 0.3) is 0 Å². The van der Waals surface area contributed by atoms with E-state index in [4.69, 9.17) is 39.5 Å². The first-order valence-electron chi connectivity index (χ1n) is 6.60. The molecule has 7 heteroatoms. The number of alkyl halides is 3. The Hall–Kier alpha value is 0.260. The molecule has 1 fully saturated rings. The molecule has 0 aromatic carbocycles. The van der Waals surface area contributed by atoms with Crippen molar-refractivity contribution in [2.75, 3.05) is 13.1 Å². The summed E-state index contributed by atoms with van der Waals surface area (Å²) >= 11 is 18.1. The number of rotatable bonds is 4. The number of carbonyl (C=O) groups excluding carboxylic acids is 1. The van der Waals surface area contributed by atoms with Gasteiger partial charge in [0.05, 0.1) is 0 Å². The molecule has 1 aliphatic rings. The Morgan fingerprint density at radius 2 is 1.89 bits per heavy atom. The van der Waals surface area contributed by atoms with Crippen molar-refractivity contribution in [2.45, 2.75) is 55.8 Å². The van der Waals surface area contributed by atoms with Gasteiger partial charge >= 0.3 is 0 Å². The van der Waals surface area contributed by atoms with Gasteiger partial charge in [0.15, 0.2) is 0 Å². The molecule has 1 aliphatic heterocycles. The number of carbonyl (C=O) groups is 1. The van der Waals surface area contributed by atoms with Crippen LogP contribution in [0.5, 0.6) is 0 Å². The SMILES string of the molecule is CCCC(=O)N[C@@H]([NH+]1C[C@@H](C)O[C@H](C)C1)C(Cl)(Cl)Cl. The van der Waals surface area contributed by atoms with Gasteiger partial charge in [-0.25, -0.2) is 0 Å². The summed E-state index contributed by atoms with van der Waals surface area (Å²) in [6.07, 6.45) is 0.814. The minimum atomic E-state index is -1.53. The summed E-state index contributed by atoms with van der Waals surface area (Å²) in [5.41, 5.74) is 0. The predicted octanol–water partition coefficient (Wildman–Crippen LogP) is 1.29. The van der Waals surface area contributed by atoms with Gasteiger partial charge in [-0.15, -0.1) is 0 Å². The molecule has 0 aromatic heterocycles. The van der Waals surface area contributed by atoms with Gasteiger partial charge < -0.3 is 15.0 Å². The number of hydrogen-bond acceptors (Lipinski definition) is 2. The zero-order valence-corrected chi connectivity index (χ0v) is 13.8. The Kier molecular flexibility index (Phi) is 6.67. The summed E-state index contributed by atoms with van der Waals surface area (Å²) in [5.74, 6) is -0.0851. The van der Waals surface area contributed by atoms with Crippen LogP contribution < -0.4 is 10.2 Å². The lowest BCUT2D eigenvalue weighted by molar-refractivity contribution is -0.941. The number of halogens is 3. The van der Waals surface area contributed by atoms with Gasteiger partial charge in [-0.3, -0.25) is 4.79 Å². The van der Waals surface area contributed by atoms with Crippen LogP contribution in [-0.4, -0.2) is 41.2 Å². The van der Waals surface area contributed by atoms with E-state index in [0.29, 0.717) is 19.5 Å². The van der Waals surface area contributed by atoms with Gasteiger partial charge in [0.25, 0.3) is 3.79 Å². The van der Waals surface area contributed by atoms with E-state index in [1.54, 1.807) is 0 Å². The lowest BCUT2D eigenvalue weighted by Gasteiger charge is -2.39. The Morgan fingerprint density at radius 3 is 2.32 bits per heavy atom. The van der Waals surface area contributed by atoms with E-state index in [1.807, 2.05) is 20.8 Å². The molecule has 0 aliphatic carbocycles. The summed E-state index contributed by atoms with van der Waals surface area (Å²) in [5, 5.41) is 2.84. The van der Waals surface area contributed by atoms with Crippen molar-refractivity contribution in [1.82, 2.24) is 5.32 Å². The van der Waals surface area contributed by atoms with Crippen LogP contribution in [0.1, 0.15) is 33.6 Å². The summed E-state index contributed by atoms with van der Waals surface area (Å²) in [4.78, 5) is 12.8. The number of quaternary nitrogens is 1. The largest absolute Gasteiger partial charge is 0.364 e. The second kappa shape index (κ2) is 7.32. The van der Waals surface area contributed by atoms with E-state index >= 15 is 0 Å². The molecule has 0 aromatic rings. The van der Waals surface area contributed by atoms with Gasteiger partial charge in [0.1, 0.15) is 25.3 Å². The van der Waals surface area contributed by atoms with E-state index in [0.717, 1.165) is 11.3 Å². The van der Waals surface area contributed by atoms with Crippen LogP contribution >= 0.6 is 34.8 Å². The molecule has 1 rings (SSSR count). The second-order valence-corrected chi connectivity index (χ2v) is 7.48. The quantitative estimate of drug-likeness (QED) is 0.762. The van der Waals surface area contributed by atoms with Crippen LogP contribution in [0.2, 0.25) is 0 Å². The van der Waals surface area contributed by atoms with Crippen LogP contribution in [0.15, 0.2) is 0 Å². The monoisotopic (exact) mass is 331 g/mol. The summed E-state index contributed by atoms with van der Waals surface area (Å²) in [6, 6.07) is 0. The van der Waals surface area contributed by atoms with Crippen LogP contribution in [-0.2, 0) is 9.53 Å². The standard InChI is InChI=1S/C12H21Cl3N2O2/c1-4-5-10(18)16-11(12(13,14)15)17-6-8(2)19-9(3)7-17/h8-9,11H,4-7H2,1-3H3,(H,16,18)/p+1/t8-,9-,11+/m1/s1. The molecular weight excluding hydrogens is 311 g/mol. The van der Waals surface area contributed by atoms with Crippen molar-refractivity contribution in [2.24, 2.45) is 0 Å². The van der Waals surface area contributed by atoms with Crippen molar-refractivity contribution >= 4 is 40.7 Å².